The molecule has 0 aliphatic heterocycles. The minimum Gasteiger partial charge on any atom is -0.284 e. The van der Waals surface area contributed by atoms with Crippen LogP contribution in [0.4, 0.5) is 8.78 Å². The molecule has 0 aliphatic rings. The van der Waals surface area contributed by atoms with Crippen LogP contribution in [0.15, 0.2) is 6.33 Å². The Morgan fingerprint density at radius 3 is 2.80 bits per heavy atom. The molecule has 1 aromatic heterocycles. The van der Waals surface area contributed by atoms with Gasteiger partial charge in [0.05, 0.1) is 0 Å². The van der Waals surface area contributed by atoms with Crippen molar-refractivity contribution < 1.29 is 13.6 Å². The number of hydrogen-bond donors (Lipinski definition) is 1. The van der Waals surface area contributed by atoms with Gasteiger partial charge >= 0.3 is 6.43 Å². The van der Waals surface area contributed by atoms with E-state index in [9.17, 15) is 13.6 Å². The van der Waals surface area contributed by atoms with E-state index in [1.54, 1.807) is 0 Å². The molecule has 1 N–H and O–H groups in total. The van der Waals surface area contributed by atoms with Crippen molar-refractivity contribution in [2.24, 2.45) is 0 Å². The zero-order chi connectivity index (χ0) is 7.56. The number of aromatic amines is 1. The molecule has 0 radical (unpaired) electrons. The summed E-state index contributed by atoms with van der Waals surface area (Å²) in [6.07, 6.45) is -2.02. The predicted octanol–water partition coefficient (Wildman–Crippen LogP) is 0.253. The fraction of sp³-hybridized carbons (Fsp3) is 0.250. The van der Waals surface area contributed by atoms with Gasteiger partial charge in [0.25, 0.3) is 5.78 Å². The Labute approximate surface area is 54.3 Å². The van der Waals surface area contributed by atoms with Gasteiger partial charge in [0.15, 0.2) is 5.82 Å². The first kappa shape index (κ1) is 6.79. The molecule has 0 aromatic carbocycles. The lowest BCUT2D eigenvalue weighted by atomic mass is 10.4. The van der Waals surface area contributed by atoms with E-state index < -0.39 is 18.0 Å². The fourth-order valence-corrected chi connectivity index (χ4v) is 0.428. The Bertz CT molecular complexity index is 220. The first-order chi connectivity index (χ1) is 4.72. The largest absolute Gasteiger partial charge is 0.303 e. The number of rotatable bonds is 2. The number of hydrogen-bond acceptors (Lipinski definition) is 3. The molecule has 10 heavy (non-hydrogen) atoms. The first-order valence-electron chi connectivity index (χ1n) is 2.39. The van der Waals surface area contributed by atoms with Crippen molar-refractivity contribution in [1.29, 1.82) is 0 Å². The number of carbonyl (C=O) groups excluding carboxylic acids is 1. The van der Waals surface area contributed by atoms with E-state index in [2.05, 4.69) is 10.1 Å². The van der Waals surface area contributed by atoms with Crippen molar-refractivity contribution in [3.63, 3.8) is 0 Å². The average Bonchev–Trinajstić information content (AvgIpc) is 2.36. The molecular weight excluding hydrogens is 144 g/mol. The zero-order valence-corrected chi connectivity index (χ0v) is 4.71. The summed E-state index contributed by atoms with van der Waals surface area (Å²) in [6.45, 7) is 0. The molecule has 0 saturated heterocycles. The molecule has 6 heteroatoms. The lowest BCUT2D eigenvalue weighted by Crippen LogP contribution is -2.11. The number of aromatic nitrogens is 3. The van der Waals surface area contributed by atoms with Gasteiger partial charge in [0, 0.05) is 0 Å². The highest BCUT2D eigenvalue weighted by Gasteiger charge is 2.19. The van der Waals surface area contributed by atoms with Crippen LogP contribution in [0.5, 0.6) is 0 Å². The van der Waals surface area contributed by atoms with Crippen LogP contribution >= 0.6 is 0 Å². The summed E-state index contributed by atoms with van der Waals surface area (Å²) >= 11 is 0. The SMILES string of the molecule is O=C(c1ncn[nH]1)C(F)F. The number of halogens is 2. The normalized spacial score (nSPS) is 10.3. The number of alkyl halides is 2. The lowest BCUT2D eigenvalue weighted by Gasteiger charge is -1.90. The van der Waals surface area contributed by atoms with Crippen LogP contribution in [0.2, 0.25) is 0 Å². The molecular formula is C4H3F2N3O. The van der Waals surface area contributed by atoms with E-state index in [0.29, 0.717) is 0 Å². The molecule has 4 nitrogen and oxygen atoms in total. The number of carbonyl (C=O) groups is 1. The Kier molecular flexibility index (Phi) is 1.70. The Morgan fingerprint density at radius 2 is 2.40 bits per heavy atom. The Hall–Kier alpha value is -1.33. The van der Waals surface area contributed by atoms with Crippen molar-refractivity contribution in [3.05, 3.63) is 12.2 Å². The number of H-pyrrole nitrogens is 1. The maximum absolute atomic E-state index is 11.6. The summed E-state index contributed by atoms with van der Waals surface area (Å²) in [5.74, 6) is -1.74. The number of ketones is 1. The molecule has 1 aromatic rings. The maximum atomic E-state index is 11.6. The summed E-state index contributed by atoms with van der Waals surface area (Å²) in [6, 6.07) is 0. The van der Waals surface area contributed by atoms with E-state index in [4.69, 9.17) is 0 Å². The van der Waals surface area contributed by atoms with Gasteiger partial charge in [-0.05, 0) is 0 Å². The fourth-order valence-electron chi connectivity index (χ4n) is 0.428. The average molecular weight is 147 g/mol. The van der Waals surface area contributed by atoms with Crippen LogP contribution in [0.25, 0.3) is 0 Å². The summed E-state index contributed by atoms with van der Waals surface area (Å²) in [5, 5.41) is 5.26. The van der Waals surface area contributed by atoms with Gasteiger partial charge in [-0.3, -0.25) is 9.89 Å². The number of nitrogens with one attached hydrogen (secondary N) is 1. The molecule has 1 rings (SSSR count). The summed E-state index contributed by atoms with van der Waals surface area (Å²) in [7, 11) is 0. The molecule has 0 bridgehead atoms. The third kappa shape index (κ3) is 1.15. The van der Waals surface area contributed by atoms with E-state index in [1.807, 2.05) is 5.10 Å². The monoisotopic (exact) mass is 147 g/mol. The lowest BCUT2D eigenvalue weighted by molar-refractivity contribution is 0.0667. The number of nitrogens with zero attached hydrogens (tertiary/aromatic N) is 2. The minimum absolute atomic E-state index is 0.407. The second-order valence-corrected chi connectivity index (χ2v) is 1.50. The highest BCUT2D eigenvalue weighted by atomic mass is 19.3. The molecule has 0 saturated carbocycles. The van der Waals surface area contributed by atoms with E-state index in [-0.39, 0.29) is 0 Å². The highest BCUT2D eigenvalue weighted by molar-refractivity contribution is 5.94. The standard InChI is InChI=1S/C4H3F2N3O/c5-3(6)2(10)4-7-1-8-9-4/h1,3H,(H,7,8,9). The summed E-state index contributed by atoms with van der Waals surface area (Å²) < 4.78 is 23.1. The Morgan fingerprint density at radius 1 is 1.70 bits per heavy atom. The summed E-state index contributed by atoms with van der Waals surface area (Å²) in [4.78, 5) is 13.6. The van der Waals surface area contributed by atoms with E-state index in [1.165, 1.54) is 0 Å². The van der Waals surface area contributed by atoms with Gasteiger partial charge in [-0.2, -0.15) is 5.10 Å². The van der Waals surface area contributed by atoms with Crippen molar-refractivity contribution in [1.82, 2.24) is 15.2 Å². The molecule has 0 spiro atoms. The van der Waals surface area contributed by atoms with Crippen LogP contribution in [0, 0.1) is 0 Å². The van der Waals surface area contributed by atoms with Crippen molar-refractivity contribution >= 4 is 5.78 Å². The third-order valence-electron chi connectivity index (χ3n) is 0.847. The molecule has 0 atom stereocenters. The van der Waals surface area contributed by atoms with Gasteiger partial charge in [-0.25, -0.2) is 13.8 Å². The van der Waals surface area contributed by atoms with Gasteiger partial charge < -0.3 is 0 Å². The molecule has 1 heterocycles. The Balaban J connectivity index is 2.78. The van der Waals surface area contributed by atoms with Crippen LogP contribution in [0.1, 0.15) is 10.6 Å². The summed E-state index contributed by atoms with van der Waals surface area (Å²) in [5.41, 5.74) is 0. The first-order valence-corrected chi connectivity index (χ1v) is 2.39. The molecule has 0 amide bonds. The van der Waals surface area contributed by atoms with Crippen molar-refractivity contribution in [2.45, 2.75) is 6.43 Å². The van der Waals surface area contributed by atoms with Crippen molar-refractivity contribution in [3.8, 4) is 0 Å². The third-order valence-corrected chi connectivity index (χ3v) is 0.847. The van der Waals surface area contributed by atoms with Crippen LogP contribution in [-0.2, 0) is 0 Å². The molecule has 0 fully saturated rings. The van der Waals surface area contributed by atoms with E-state index in [0.717, 1.165) is 6.33 Å². The van der Waals surface area contributed by atoms with Gasteiger partial charge in [-0.15, -0.1) is 0 Å². The van der Waals surface area contributed by atoms with Gasteiger partial charge in [-0.1, -0.05) is 0 Å². The van der Waals surface area contributed by atoms with Crippen LogP contribution < -0.4 is 0 Å². The topological polar surface area (TPSA) is 58.6 Å². The van der Waals surface area contributed by atoms with Gasteiger partial charge in [0.1, 0.15) is 6.33 Å². The predicted molar refractivity (Wildman–Crippen MR) is 26.7 cm³/mol. The van der Waals surface area contributed by atoms with E-state index >= 15 is 0 Å². The second-order valence-electron chi connectivity index (χ2n) is 1.50. The smallest absolute Gasteiger partial charge is 0.284 e. The second kappa shape index (κ2) is 2.51. The van der Waals surface area contributed by atoms with Crippen LogP contribution in [-0.4, -0.2) is 27.4 Å². The van der Waals surface area contributed by atoms with Crippen molar-refractivity contribution in [2.75, 3.05) is 0 Å². The highest BCUT2D eigenvalue weighted by Crippen LogP contribution is 1.99. The maximum Gasteiger partial charge on any atom is 0.303 e. The number of Topliss-reactive ketones (excluding diaryl/α,β-unsaturated/α-hetero) is 1. The minimum atomic E-state index is -3.02. The molecule has 54 valence electrons. The van der Waals surface area contributed by atoms with Crippen LogP contribution in [0.3, 0.4) is 0 Å². The zero-order valence-electron chi connectivity index (χ0n) is 4.71. The molecule has 0 aliphatic carbocycles. The quantitative estimate of drug-likeness (QED) is 0.610. The van der Waals surface area contributed by atoms with Gasteiger partial charge in [0.2, 0.25) is 0 Å². The molecule has 0 unspecified atom stereocenters.